The summed E-state index contributed by atoms with van der Waals surface area (Å²) in [6.07, 6.45) is 0. The number of nitrogens with zero attached hydrogens (tertiary/aromatic N) is 1. The van der Waals surface area contributed by atoms with Crippen molar-refractivity contribution in [3.8, 4) is 11.5 Å². The Kier molecular flexibility index (Phi) is 8.33. The molecule has 0 aliphatic carbocycles. The first-order valence-corrected chi connectivity index (χ1v) is 13.5. The van der Waals surface area contributed by atoms with E-state index < -0.39 is 15.9 Å². The molecule has 38 heavy (non-hydrogen) atoms. The molecule has 4 aromatic rings. The number of nitrogens with one attached hydrogen (secondary N) is 1. The zero-order chi connectivity index (χ0) is 27.1. The fourth-order valence-electron chi connectivity index (χ4n) is 4.13. The van der Waals surface area contributed by atoms with Gasteiger partial charge in [0, 0.05) is 0 Å². The van der Waals surface area contributed by atoms with Crippen molar-refractivity contribution in [2.24, 2.45) is 0 Å². The molecule has 1 atom stereocenters. The van der Waals surface area contributed by atoms with E-state index in [2.05, 4.69) is 5.32 Å². The Bertz CT molecular complexity index is 1490. The van der Waals surface area contributed by atoms with Crippen LogP contribution in [0.1, 0.15) is 34.5 Å². The van der Waals surface area contributed by atoms with Crippen LogP contribution in [0.5, 0.6) is 11.5 Å². The maximum absolute atomic E-state index is 13.9. The molecule has 0 unspecified atom stereocenters. The summed E-state index contributed by atoms with van der Waals surface area (Å²) in [5, 5.41) is 2.99. The summed E-state index contributed by atoms with van der Waals surface area (Å²) in [5.74, 6) is 0.737. The average Bonchev–Trinajstić information content (AvgIpc) is 2.96. The number of ether oxygens (including phenoxy) is 2. The van der Waals surface area contributed by atoms with Crippen molar-refractivity contribution in [1.82, 2.24) is 5.32 Å². The third-order valence-corrected chi connectivity index (χ3v) is 7.95. The molecule has 0 aromatic heterocycles. The van der Waals surface area contributed by atoms with Crippen molar-refractivity contribution in [2.45, 2.75) is 24.4 Å². The van der Waals surface area contributed by atoms with Crippen LogP contribution in [0, 0.1) is 0 Å². The number of hydrogen-bond acceptors (Lipinski definition) is 5. The van der Waals surface area contributed by atoms with Crippen LogP contribution in [0.2, 0.25) is 0 Å². The van der Waals surface area contributed by atoms with Gasteiger partial charge in [0.15, 0.2) is 11.5 Å². The van der Waals surface area contributed by atoms with Crippen LogP contribution in [-0.4, -0.2) is 28.5 Å². The molecule has 0 aliphatic rings. The summed E-state index contributed by atoms with van der Waals surface area (Å²) >= 11 is 0. The second-order valence-electron chi connectivity index (χ2n) is 8.64. The summed E-state index contributed by atoms with van der Waals surface area (Å²) in [6, 6.07) is 29.3. The predicted molar refractivity (Wildman–Crippen MR) is 148 cm³/mol. The van der Waals surface area contributed by atoms with Gasteiger partial charge in [-0.2, -0.15) is 0 Å². The summed E-state index contributed by atoms with van der Waals surface area (Å²) in [4.78, 5) is 13.7. The zero-order valence-corrected chi connectivity index (χ0v) is 22.3. The second-order valence-corrected chi connectivity index (χ2v) is 10.5. The van der Waals surface area contributed by atoms with Gasteiger partial charge in [-0.3, -0.25) is 9.10 Å². The molecule has 0 aliphatic heterocycles. The van der Waals surface area contributed by atoms with Crippen LogP contribution >= 0.6 is 0 Å². The highest BCUT2D eigenvalue weighted by Gasteiger charge is 2.29. The maximum atomic E-state index is 13.9. The normalized spacial score (nSPS) is 11.9. The monoisotopic (exact) mass is 530 g/mol. The third-order valence-electron chi connectivity index (χ3n) is 6.17. The molecule has 196 valence electrons. The maximum Gasteiger partial charge on any atom is 0.264 e. The molecule has 0 radical (unpaired) electrons. The SMILES string of the molecule is COc1ccc([C@@H](C)NC(=O)c2ccccc2N(Cc2ccccc2)S(=O)(=O)c2ccccc2)cc1OC. The first-order chi connectivity index (χ1) is 18.3. The summed E-state index contributed by atoms with van der Waals surface area (Å²) in [5.41, 5.74) is 2.14. The van der Waals surface area contributed by atoms with Crippen LogP contribution in [0.25, 0.3) is 0 Å². The standard InChI is InChI=1S/C30H30N2O5S/c1-22(24-18-19-28(36-2)29(20-24)37-3)31-30(33)26-16-10-11-17-27(26)32(21-23-12-6-4-7-13-23)38(34,35)25-14-8-5-9-15-25/h4-20,22H,21H2,1-3H3,(H,31,33)/t22-/m1/s1. The molecule has 1 N–H and O–H groups in total. The van der Waals surface area contributed by atoms with Gasteiger partial charge in [-0.25, -0.2) is 8.42 Å². The van der Waals surface area contributed by atoms with Gasteiger partial charge in [0.2, 0.25) is 0 Å². The largest absolute Gasteiger partial charge is 0.493 e. The minimum Gasteiger partial charge on any atom is -0.493 e. The van der Waals surface area contributed by atoms with Crippen molar-refractivity contribution in [3.63, 3.8) is 0 Å². The Morgan fingerprint density at radius 1 is 0.816 bits per heavy atom. The lowest BCUT2D eigenvalue weighted by Gasteiger charge is -2.27. The number of hydrogen-bond donors (Lipinski definition) is 1. The van der Waals surface area contributed by atoms with E-state index in [4.69, 9.17) is 9.47 Å². The number of methoxy groups -OCH3 is 2. The minimum atomic E-state index is -3.98. The minimum absolute atomic E-state index is 0.0631. The Hall–Kier alpha value is -4.30. The zero-order valence-electron chi connectivity index (χ0n) is 21.5. The molecule has 0 saturated heterocycles. The number of benzene rings is 4. The fraction of sp³-hybridized carbons (Fsp3) is 0.167. The van der Waals surface area contributed by atoms with E-state index in [0.29, 0.717) is 11.5 Å². The van der Waals surface area contributed by atoms with E-state index >= 15 is 0 Å². The highest BCUT2D eigenvalue weighted by molar-refractivity contribution is 7.92. The summed E-state index contributed by atoms with van der Waals surface area (Å²) in [7, 11) is -0.872. The number of sulfonamides is 1. The van der Waals surface area contributed by atoms with Gasteiger partial charge in [-0.15, -0.1) is 0 Å². The van der Waals surface area contributed by atoms with Crippen LogP contribution in [0.15, 0.2) is 108 Å². The third kappa shape index (κ3) is 5.81. The highest BCUT2D eigenvalue weighted by Crippen LogP contribution is 2.32. The lowest BCUT2D eigenvalue weighted by atomic mass is 10.1. The van der Waals surface area contributed by atoms with E-state index in [-0.39, 0.29) is 28.7 Å². The van der Waals surface area contributed by atoms with Crippen molar-refractivity contribution in [2.75, 3.05) is 18.5 Å². The number of rotatable bonds is 10. The van der Waals surface area contributed by atoms with Crippen LogP contribution in [0.3, 0.4) is 0 Å². The number of carbonyl (C=O) groups is 1. The Morgan fingerprint density at radius 3 is 2.08 bits per heavy atom. The molecule has 0 bridgehead atoms. The molecule has 0 fully saturated rings. The van der Waals surface area contributed by atoms with Crippen LogP contribution < -0.4 is 19.1 Å². The van der Waals surface area contributed by atoms with Crippen molar-refractivity contribution >= 4 is 21.6 Å². The van der Waals surface area contributed by atoms with E-state index in [1.54, 1.807) is 80.9 Å². The molecular weight excluding hydrogens is 500 g/mol. The molecule has 7 nitrogen and oxygen atoms in total. The number of carbonyl (C=O) groups excluding carboxylic acids is 1. The van der Waals surface area contributed by atoms with Crippen LogP contribution in [-0.2, 0) is 16.6 Å². The lowest BCUT2D eigenvalue weighted by molar-refractivity contribution is 0.0940. The highest BCUT2D eigenvalue weighted by atomic mass is 32.2. The van der Waals surface area contributed by atoms with E-state index in [0.717, 1.165) is 11.1 Å². The predicted octanol–water partition coefficient (Wildman–Crippen LogP) is 5.59. The van der Waals surface area contributed by atoms with Gasteiger partial charge >= 0.3 is 0 Å². The van der Waals surface area contributed by atoms with Gasteiger partial charge in [0.1, 0.15) is 0 Å². The van der Waals surface area contributed by atoms with E-state index in [1.807, 2.05) is 43.3 Å². The number of anilines is 1. The van der Waals surface area contributed by atoms with Gasteiger partial charge < -0.3 is 14.8 Å². The van der Waals surface area contributed by atoms with Crippen molar-refractivity contribution in [3.05, 3.63) is 120 Å². The smallest absolute Gasteiger partial charge is 0.264 e. The first-order valence-electron chi connectivity index (χ1n) is 12.1. The molecule has 4 rings (SSSR count). The summed E-state index contributed by atoms with van der Waals surface area (Å²) in [6.45, 7) is 1.91. The Labute approximate surface area is 223 Å². The molecule has 0 heterocycles. The van der Waals surface area contributed by atoms with Crippen molar-refractivity contribution in [1.29, 1.82) is 0 Å². The van der Waals surface area contributed by atoms with E-state index in [9.17, 15) is 13.2 Å². The molecule has 0 spiro atoms. The number of amides is 1. The Balaban J connectivity index is 1.71. The topological polar surface area (TPSA) is 84.9 Å². The Morgan fingerprint density at radius 2 is 1.42 bits per heavy atom. The van der Waals surface area contributed by atoms with E-state index in [1.165, 1.54) is 4.31 Å². The number of para-hydroxylation sites is 1. The molecular formula is C30H30N2O5S. The average molecular weight is 531 g/mol. The van der Waals surface area contributed by atoms with Gasteiger partial charge in [-0.1, -0.05) is 66.7 Å². The van der Waals surface area contributed by atoms with Crippen molar-refractivity contribution < 1.29 is 22.7 Å². The fourth-order valence-corrected chi connectivity index (χ4v) is 5.62. The van der Waals surface area contributed by atoms with Gasteiger partial charge in [0.25, 0.3) is 15.9 Å². The lowest BCUT2D eigenvalue weighted by Crippen LogP contribution is -2.34. The molecule has 0 saturated carbocycles. The van der Waals surface area contributed by atoms with Gasteiger partial charge in [-0.05, 0) is 54.4 Å². The molecule has 1 amide bonds. The first kappa shape index (κ1) is 26.8. The quantitative estimate of drug-likeness (QED) is 0.289. The van der Waals surface area contributed by atoms with Crippen LogP contribution in [0.4, 0.5) is 5.69 Å². The molecule has 8 heteroatoms. The summed E-state index contributed by atoms with van der Waals surface area (Å²) < 4.78 is 39.7. The second kappa shape index (κ2) is 11.8. The van der Waals surface area contributed by atoms with Gasteiger partial charge in [0.05, 0.1) is 43.0 Å². The molecule has 4 aromatic carbocycles.